The van der Waals surface area contributed by atoms with Gasteiger partial charge in [0.2, 0.25) is 0 Å². The Morgan fingerprint density at radius 3 is 1.47 bits per heavy atom. The Labute approximate surface area is 99.2 Å². The van der Waals surface area contributed by atoms with Gasteiger partial charge in [-0.25, -0.2) is 0 Å². The Morgan fingerprint density at radius 2 is 1.35 bits per heavy atom. The quantitative estimate of drug-likeness (QED) is 0.533. The summed E-state index contributed by atoms with van der Waals surface area (Å²) in [5.41, 5.74) is 5.16. The minimum Gasteiger partial charge on any atom is -0.481 e. The van der Waals surface area contributed by atoms with Crippen molar-refractivity contribution in [2.24, 2.45) is 11.7 Å². The van der Waals surface area contributed by atoms with Crippen LogP contribution in [0.25, 0.3) is 0 Å². The fraction of sp³-hybridized carbons (Fsp3) is 0.700. The van der Waals surface area contributed by atoms with Gasteiger partial charge in [0.1, 0.15) is 6.04 Å². The minimum absolute atomic E-state index is 0.0208. The van der Waals surface area contributed by atoms with Gasteiger partial charge in [-0.3, -0.25) is 14.4 Å². The Bertz CT molecular complexity index is 250. The molecule has 0 aromatic heterocycles. The second-order valence-corrected chi connectivity index (χ2v) is 3.75. The van der Waals surface area contributed by atoms with E-state index in [4.69, 9.17) is 21.1 Å². The van der Waals surface area contributed by atoms with Gasteiger partial charge in [-0.15, -0.1) is 0 Å². The summed E-state index contributed by atoms with van der Waals surface area (Å²) in [6, 6.07) is -0.713. The standard InChI is InChI=1S/C5H11NO2.C5H8O4/c1-3(2)4(6)5(7)8;6-4(7)2-1-3-5(8)9/h3-4H,6H2,1-2H3,(H,7,8);1-3H2,(H,6,7)(H,8,9)/t4-;/m0./s1. The Balaban J connectivity index is 0. The molecule has 0 aliphatic carbocycles. The molecule has 0 unspecified atom stereocenters. The molecular formula is C10H19NO6. The Hall–Kier alpha value is -1.63. The van der Waals surface area contributed by atoms with Crippen LogP contribution in [0, 0.1) is 5.92 Å². The lowest BCUT2D eigenvalue weighted by atomic mass is 10.1. The molecule has 0 amide bonds. The minimum atomic E-state index is -0.948. The van der Waals surface area contributed by atoms with Crippen LogP contribution in [0.4, 0.5) is 0 Å². The predicted molar refractivity (Wildman–Crippen MR) is 59.6 cm³/mol. The summed E-state index contributed by atoms with van der Waals surface area (Å²) in [7, 11) is 0. The van der Waals surface area contributed by atoms with Gasteiger partial charge >= 0.3 is 17.9 Å². The molecular weight excluding hydrogens is 230 g/mol. The van der Waals surface area contributed by atoms with Crippen LogP contribution in [0.15, 0.2) is 0 Å². The van der Waals surface area contributed by atoms with E-state index in [0.717, 1.165) is 0 Å². The average Bonchev–Trinajstić information content (AvgIpc) is 2.15. The molecule has 0 aromatic rings. The monoisotopic (exact) mass is 249 g/mol. The highest BCUT2D eigenvalue weighted by molar-refractivity contribution is 5.73. The van der Waals surface area contributed by atoms with Gasteiger partial charge in [-0.1, -0.05) is 13.8 Å². The van der Waals surface area contributed by atoms with Crippen molar-refractivity contribution in [3.63, 3.8) is 0 Å². The molecule has 100 valence electrons. The highest BCUT2D eigenvalue weighted by Crippen LogP contribution is 1.96. The summed E-state index contributed by atoms with van der Waals surface area (Å²) in [6.45, 7) is 3.55. The third-order valence-corrected chi connectivity index (χ3v) is 1.78. The van der Waals surface area contributed by atoms with E-state index in [1.165, 1.54) is 0 Å². The summed E-state index contributed by atoms with van der Waals surface area (Å²) in [4.78, 5) is 29.6. The van der Waals surface area contributed by atoms with Crippen LogP contribution in [-0.2, 0) is 14.4 Å². The zero-order valence-electron chi connectivity index (χ0n) is 9.92. The van der Waals surface area contributed by atoms with Crippen molar-refractivity contribution in [1.29, 1.82) is 0 Å². The van der Waals surface area contributed by atoms with E-state index in [0.29, 0.717) is 0 Å². The normalized spacial score (nSPS) is 11.3. The van der Waals surface area contributed by atoms with Crippen LogP contribution < -0.4 is 5.73 Å². The van der Waals surface area contributed by atoms with Gasteiger partial charge in [-0.2, -0.15) is 0 Å². The second kappa shape index (κ2) is 9.59. The van der Waals surface area contributed by atoms with Gasteiger partial charge in [0, 0.05) is 12.8 Å². The van der Waals surface area contributed by atoms with E-state index < -0.39 is 23.9 Å². The van der Waals surface area contributed by atoms with E-state index in [1.54, 1.807) is 13.8 Å². The van der Waals surface area contributed by atoms with Crippen LogP contribution in [0.2, 0.25) is 0 Å². The molecule has 0 aromatic carbocycles. The molecule has 7 heteroatoms. The largest absolute Gasteiger partial charge is 0.481 e. The van der Waals surface area contributed by atoms with Crippen molar-refractivity contribution in [2.75, 3.05) is 0 Å². The number of carboxylic acids is 3. The summed E-state index contributed by atoms with van der Waals surface area (Å²) in [5, 5.41) is 24.3. The fourth-order valence-corrected chi connectivity index (χ4v) is 0.676. The molecule has 0 fully saturated rings. The third kappa shape index (κ3) is 14.4. The maximum Gasteiger partial charge on any atom is 0.320 e. The van der Waals surface area contributed by atoms with Crippen LogP contribution in [0.5, 0.6) is 0 Å². The smallest absolute Gasteiger partial charge is 0.320 e. The SMILES string of the molecule is CC(C)[C@H](N)C(=O)O.O=C(O)CCCC(=O)O. The fourth-order valence-electron chi connectivity index (χ4n) is 0.676. The molecule has 0 bridgehead atoms. The van der Waals surface area contributed by atoms with Crippen LogP contribution in [0.1, 0.15) is 33.1 Å². The molecule has 0 heterocycles. The molecule has 7 nitrogen and oxygen atoms in total. The number of nitrogens with two attached hydrogens (primary N) is 1. The molecule has 5 N–H and O–H groups in total. The van der Waals surface area contributed by atoms with Gasteiger partial charge in [0.15, 0.2) is 0 Å². The van der Waals surface area contributed by atoms with E-state index in [1.807, 2.05) is 0 Å². The molecule has 0 radical (unpaired) electrons. The van der Waals surface area contributed by atoms with Crippen LogP contribution in [-0.4, -0.2) is 39.3 Å². The molecule has 0 aliphatic rings. The highest BCUT2D eigenvalue weighted by atomic mass is 16.4. The number of rotatable bonds is 6. The summed E-state index contributed by atoms with van der Waals surface area (Å²) in [6.07, 6.45) is 0.0866. The second-order valence-electron chi connectivity index (χ2n) is 3.75. The van der Waals surface area contributed by atoms with Gasteiger partial charge in [-0.05, 0) is 12.3 Å². The highest BCUT2D eigenvalue weighted by Gasteiger charge is 2.14. The Morgan fingerprint density at radius 1 is 1.00 bits per heavy atom. The van der Waals surface area contributed by atoms with Gasteiger partial charge in [0.05, 0.1) is 0 Å². The predicted octanol–water partition coefficient (Wildman–Crippen LogP) is 0.380. The van der Waals surface area contributed by atoms with Crippen molar-refractivity contribution in [2.45, 2.75) is 39.2 Å². The maximum absolute atomic E-state index is 10.0. The van der Waals surface area contributed by atoms with Gasteiger partial charge < -0.3 is 21.1 Å². The van der Waals surface area contributed by atoms with Crippen molar-refractivity contribution in [1.82, 2.24) is 0 Å². The van der Waals surface area contributed by atoms with E-state index in [9.17, 15) is 14.4 Å². The maximum atomic E-state index is 10.0. The Kier molecular flexibility index (Phi) is 10.0. The van der Waals surface area contributed by atoms with Crippen molar-refractivity contribution in [3.05, 3.63) is 0 Å². The molecule has 0 saturated heterocycles. The van der Waals surface area contributed by atoms with Crippen LogP contribution >= 0.6 is 0 Å². The molecule has 0 spiro atoms. The zero-order valence-corrected chi connectivity index (χ0v) is 9.92. The lowest BCUT2D eigenvalue weighted by molar-refractivity contribution is -0.140. The zero-order chi connectivity index (χ0) is 14.0. The first-order chi connectivity index (χ1) is 7.68. The first-order valence-corrected chi connectivity index (χ1v) is 5.10. The number of carbonyl (C=O) groups is 3. The summed E-state index contributed by atoms with van der Waals surface area (Å²) < 4.78 is 0. The molecule has 0 saturated carbocycles. The first kappa shape index (κ1) is 17.8. The first-order valence-electron chi connectivity index (χ1n) is 5.10. The van der Waals surface area contributed by atoms with Crippen molar-refractivity contribution in [3.8, 4) is 0 Å². The molecule has 0 rings (SSSR count). The van der Waals surface area contributed by atoms with Crippen molar-refractivity contribution < 1.29 is 29.7 Å². The lowest BCUT2D eigenvalue weighted by Crippen LogP contribution is -2.34. The van der Waals surface area contributed by atoms with E-state index >= 15 is 0 Å². The third-order valence-electron chi connectivity index (χ3n) is 1.78. The number of hydrogen-bond donors (Lipinski definition) is 4. The topological polar surface area (TPSA) is 138 Å². The average molecular weight is 249 g/mol. The number of carboxylic acid groups (broad SMARTS) is 3. The summed E-state index contributed by atoms with van der Waals surface area (Å²) >= 11 is 0. The molecule has 0 aliphatic heterocycles. The van der Waals surface area contributed by atoms with Crippen LogP contribution in [0.3, 0.4) is 0 Å². The molecule has 17 heavy (non-hydrogen) atoms. The molecule has 1 atom stereocenters. The van der Waals surface area contributed by atoms with E-state index in [-0.39, 0.29) is 25.2 Å². The number of aliphatic carboxylic acids is 3. The lowest BCUT2D eigenvalue weighted by Gasteiger charge is -2.07. The van der Waals surface area contributed by atoms with Gasteiger partial charge in [0.25, 0.3) is 0 Å². The van der Waals surface area contributed by atoms with E-state index in [2.05, 4.69) is 0 Å². The summed E-state index contributed by atoms with van der Waals surface area (Å²) in [5.74, 6) is -2.81. The number of hydrogen-bond acceptors (Lipinski definition) is 4. The van der Waals surface area contributed by atoms with Crippen molar-refractivity contribution >= 4 is 17.9 Å².